The van der Waals surface area contributed by atoms with Crippen LogP contribution < -0.4 is 9.47 Å². The first kappa shape index (κ1) is 19.3. The molecule has 0 radical (unpaired) electrons. The van der Waals surface area contributed by atoms with E-state index in [2.05, 4.69) is 53.0 Å². The lowest BCUT2D eigenvalue weighted by molar-refractivity contribution is 0.281. The molecule has 0 spiro atoms. The maximum absolute atomic E-state index is 5.89. The molecule has 0 aliphatic rings. The van der Waals surface area contributed by atoms with Crippen LogP contribution in [0.3, 0.4) is 0 Å². The zero-order chi connectivity index (χ0) is 16.5. The predicted molar refractivity (Wildman–Crippen MR) is 102 cm³/mol. The van der Waals surface area contributed by atoms with E-state index >= 15 is 0 Å². The van der Waals surface area contributed by atoms with Crippen molar-refractivity contribution in [3.63, 3.8) is 0 Å². The molecular weight excluding hydrogens is 312 g/mol. The first-order chi connectivity index (χ1) is 10.4. The summed E-state index contributed by atoms with van der Waals surface area (Å²) in [5.41, 5.74) is 0.920. The van der Waals surface area contributed by atoms with E-state index in [1.807, 2.05) is 18.2 Å². The maximum Gasteiger partial charge on any atom is 0.127 e. The van der Waals surface area contributed by atoms with Gasteiger partial charge in [0.25, 0.3) is 0 Å². The van der Waals surface area contributed by atoms with Gasteiger partial charge in [0.05, 0.1) is 13.2 Å². The van der Waals surface area contributed by atoms with E-state index in [1.54, 1.807) is 5.41 Å². The van der Waals surface area contributed by atoms with Crippen molar-refractivity contribution in [3.8, 4) is 11.5 Å². The molecule has 2 nitrogen and oxygen atoms in total. The number of hydrogen-bond donors (Lipinski definition) is 2. The fourth-order valence-electron chi connectivity index (χ4n) is 1.81. The Morgan fingerprint density at radius 3 is 2.18 bits per heavy atom. The second kappa shape index (κ2) is 10.1. The molecule has 0 aromatic heterocycles. The maximum atomic E-state index is 5.89. The molecule has 0 unspecified atom stereocenters. The highest BCUT2D eigenvalue weighted by atomic mass is 32.1. The van der Waals surface area contributed by atoms with Gasteiger partial charge in [-0.05, 0) is 48.3 Å². The van der Waals surface area contributed by atoms with Gasteiger partial charge in [0.15, 0.2) is 0 Å². The van der Waals surface area contributed by atoms with Crippen molar-refractivity contribution in [1.29, 1.82) is 0 Å². The van der Waals surface area contributed by atoms with Gasteiger partial charge in [-0.3, -0.25) is 0 Å². The Kier molecular flexibility index (Phi) is 8.88. The summed E-state index contributed by atoms with van der Waals surface area (Å²) in [7, 11) is 0. The van der Waals surface area contributed by atoms with E-state index in [0.717, 1.165) is 41.4 Å². The van der Waals surface area contributed by atoms with Gasteiger partial charge in [-0.25, -0.2) is 0 Å². The standard InChI is InChI=1S/C18H28O2S2/c1-13(2)7-9-19-15-5-6-17(20-10-8-14(3)4)16(11-15)18(22)12-21/h5-6,11-14,21-22H,7-10H2,1-4H3. The highest BCUT2D eigenvalue weighted by Crippen LogP contribution is 2.33. The largest absolute Gasteiger partial charge is 0.494 e. The van der Waals surface area contributed by atoms with Crippen molar-refractivity contribution in [2.75, 3.05) is 13.2 Å². The van der Waals surface area contributed by atoms with Crippen molar-refractivity contribution < 1.29 is 9.47 Å². The van der Waals surface area contributed by atoms with Gasteiger partial charge in [-0.15, -0.1) is 12.6 Å². The molecule has 0 amide bonds. The van der Waals surface area contributed by atoms with E-state index in [-0.39, 0.29) is 0 Å². The van der Waals surface area contributed by atoms with Gasteiger partial charge in [-0.1, -0.05) is 27.7 Å². The minimum atomic E-state index is 0.623. The molecule has 0 aliphatic heterocycles. The first-order valence-corrected chi connectivity index (χ1v) is 8.83. The van der Waals surface area contributed by atoms with Crippen LogP contribution in [0.1, 0.15) is 46.1 Å². The lowest BCUT2D eigenvalue weighted by atomic mass is 10.1. The third-order valence-electron chi connectivity index (χ3n) is 3.27. The molecule has 4 heteroatoms. The highest BCUT2D eigenvalue weighted by Gasteiger charge is 2.09. The van der Waals surface area contributed by atoms with Gasteiger partial charge >= 0.3 is 0 Å². The van der Waals surface area contributed by atoms with Crippen LogP contribution in [-0.4, -0.2) is 13.2 Å². The second-order valence-electron chi connectivity index (χ2n) is 6.23. The zero-order valence-electron chi connectivity index (χ0n) is 14.0. The van der Waals surface area contributed by atoms with E-state index in [9.17, 15) is 0 Å². The van der Waals surface area contributed by atoms with E-state index in [1.165, 1.54) is 0 Å². The van der Waals surface area contributed by atoms with Crippen LogP contribution >= 0.6 is 25.3 Å². The van der Waals surface area contributed by atoms with Crippen molar-refractivity contribution >= 4 is 30.2 Å². The SMILES string of the molecule is CC(C)CCOc1ccc(OCCC(C)C)c(C(S)=CS)c1. The molecule has 22 heavy (non-hydrogen) atoms. The lowest BCUT2D eigenvalue weighted by Gasteiger charge is -2.15. The molecule has 1 rings (SSSR count). The minimum Gasteiger partial charge on any atom is -0.494 e. The molecule has 0 saturated carbocycles. The lowest BCUT2D eigenvalue weighted by Crippen LogP contribution is -2.04. The third kappa shape index (κ3) is 7.01. The molecule has 124 valence electrons. The third-order valence-corrected chi connectivity index (χ3v) is 4.10. The number of rotatable bonds is 9. The molecule has 0 atom stereocenters. The molecule has 1 aromatic carbocycles. The van der Waals surface area contributed by atoms with Crippen molar-refractivity contribution in [2.45, 2.75) is 40.5 Å². The average molecular weight is 341 g/mol. The molecule has 0 bridgehead atoms. The van der Waals surface area contributed by atoms with E-state index in [0.29, 0.717) is 18.4 Å². The van der Waals surface area contributed by atoms with Crippen LogP contribution in [0, 0.1) is 11.8 Å². The smallest absolute Gasteiger partial charge is 0.127 e. The molecular formula is C18H28O2S2. The predicted octanol–water partition coefficient (Wildman–Crippen LogP) is 5.69. The van der Waals surface area contributed by atoms with E-state index in [4.69, 9.17) is 9.47 Å². The fourth-order valence-corrected chi connectivity index (χ4v) is 2.13. The molecule has 1 aromatic rings. The summed E-state index contributed by atoms with van der Waals surface area (Å²) in [5, 5.41) is 1.67. The quantitative estimate of drug-likeness (QED) is 0.562. The van der Waals surface area contributed by atoms with Crippen LogP contribution in [0.4, 0.5) is 0 Å². The summed E-state index contributed by atoms with van der Waals surface area (Å²) in [4.78, 5) is 0.775. The van der Waals surface area contributed by atoms with Crippen molar-refractivity contribution in [2.24, 2.45) is 11.8 Å². The second-order valence-corrected chi connectivity index (χ2v) is 6.97. The molecule has 0 N–H and O–H groups in total. The minimum absolute atomic E-state index is 0.623. The van der Waals surface area contributed by atoms with Gasteiger partial charge in [0.1, 0.15) is 11.5 Å². The summed E-state index contributed by atoms with van der Waals surface area (Å²) in [5.74, 6) is 2.93. The Morgan fingerprint density at radius 1 is 1.05 bits per heavy atom. The molecule has 0 heterocycles. The average Bonchev–Trinajstić information content (AvgIpc) is 2.46. The number of hydrogen-bond acceptors (Lipinski definition) is 4. The summed E-state index contributed by atoms with van der Waals surface area (Å²) < 4.78 is 11.7. The Balaban J connectivity index is 2.80. The number of benzene rings is 1. The Labute approximate surface area is 146 Å². The van der Waals surface area contributed by atoms with Crippen molar-refractivity contribution in [1.82, 2.24) is 0 Å². The topological polar surface area (TPSA) is 18.5 Å². The van der Waals surface area contributed by atoms with Gasteiger partial charge in [0, 0.05) is 10.5 Å². The highest BCUT2D eigenvalue weighted by molar-refractivity contribution is 7.92. The summed E-state index contributed by atoms with van der Waals surface area (Å²) in [6.45, 7) is 10.2. The molecule has 0 fully saturated rings. The fraction of sp³-hybridized carbons (Fsp3) is 0.556. The number of ether oxygens (including phenoxy) is 2. The monoisotopic (exact) mass is 340 g/mol. The zero-order valence-corrected chi connectivity index (χ0v) is 15.8. The number of thiol groups is 2. The van der Waals surface area contributed by atoms with E-state index < -0.39 is 0 Å². The Hall–Kier alpha value is -0.740. The van der Waals surface area contributed by atoms with Gasteiger partial charge < -0.3 is 9.47 Å². The Bertz CT molecular complexity index is 482. The van der Waals surface area contributed by atoms with Crippen LogP contribution in [0.5, 0.6) is 11.5 Å². The first-order valence-electron chi connectivity index (χ1n) is 7.87. The summed E-state index contributed by atoms with van der Waals surface area (Å²) in [6.07, 6.45) is 2.07. The molecule has 0 aliphatic carbocycles. The van der Waals surface area contributed by atoms with Crippen LogP contribution in [-0.2, 0) is 0 Å². The van der Waals surface area contributed by atoms with Crippen molar-refractivity contribution in [3.05, 3.63) is 29.2 Å². The van der Waals surface area contributed by atoms with Crippen LogP contribution in [0.15, 0.2) is 23.6 Å². The van der Waals surface area contributed by atoms with Gasteiger partial charge in [0.2, 0.25) is 0 Å². The molecule has 0 saturated heterocycles. The van der Waals surface area contributed by atoms with Crippen LogP contribution in [0.2, 0.25) is 0 Å². The normalized spacial score (nSPS) is 12.1. The summed E-state index contributed by atoms with van der Waals surface area (Å²) in [6, 6.07) is 5.88. The van der Waals surface area contributed by atoms with Crippen LogP contribution in [0.25, 0.3) is 4.91 Å². The summed E-state index contributed by atoms with van der Waals surface area (Å²) >= 11 is 8.67. The Morgan fingerprint density at radius 2 is 1.64 bits per heavy atom. The van der Waals surface area contributed by atoms with Gasteiger partial charge in [-0.2, -0.15) is 12.6 Å².